The van der Waals surface area contributed by atoms with Gasteiger partial charge < -0.3 is 10.6 Å². The smallest absolute Gasteiger partial charge is 0.223 e. The summed E-state index contributed by atoms with van der Waals surface area (Å²) in [6.07, 6.45) is 0. The third-order valence-electron chi connectivity index (χ3n) is 1.69. The van der Waals surface area contributed by atoms with E-state index in [-0.39, 0.29) is 5.92 Å². The number of nitrogen functional groups attached to an aromatic ring is 1. The van der Waals surface area contributed by atoms with Crippen molar-refractivity contribution in [2.45, 2.75) is 26.3 Å². The summed E-state index contributed by atoms with van der Waals surface area (Å²) >= 11 is 0. The van der Waals surface area contributed by atoms with Gasteiger partial charge in [0.2, 0.25) is 5.95 Å². The first kappa shape index (κ1) is 10.8. The topological polar surface area (TPSA) is 67.9 Å². The molecule has 2 N–H and O–H groups in total. The maximum atomic E-state index is 5.59. The fourth-order valence-electron chi connectivity index (χ4n) is 1.07. The van der Waals surface area contributed by atoms with Gasteiger partial charge in [-0.05, 0) is 14.1 Å². The minimum Gasteiger partial charge on any atom is -0.368 e. The molecule has 5 nitrogen and oxygen atoms in total. The molecule has 14 heavy (non-hydrogen) atoms. The summed E-state index contributed by atoms with van der Waals surface area (Å²) in [5.74, 6) is 2.07. The summed E-state index contributed by atoms with van der Waals surface area (Å²) in [6.45, 7) is 4.76. The van der Waals surface area contributed by atoms with Gasteiger partial charge in [0.25, 0.3) is 0 Å². The Bertz CT molecular complexity index is 308. The number of nitrogens with two attached hydrogens (primary N) is 1. The van der Waals surface area contributed by atoms with Crippen LogP contribution >= 0.6 is 0 Å². The van der Waals surface area contributed by atoms with Crippen molar-refractivity contribution in [2.24, 2.45) is 0 Å². The van der Waals surface area contributed by atoms with Gasteiger partial charge in [0.05, 0.1) is 6.54 Å². The second kappa shape index (κ2) is 4.32. The van der Waals surface area contributed by atoms with E-state index in [2.05, 4.69) is 15.0 Å². The Labute approximate surface area is 84.4 Å². The van der Waals surface area contributed by atoms with Crippen LogP contribution in [-0.4, -0.2) is 33.9 Å². The van der Waals surface area contributed by atoms with Crippen molar-refractivity contribution in [3.63, 3.8) is 0 Å². The molecule has 1 heterocycles. The summed E-state index contributed by atoms with van der Waals surface area (Å²) in [7, 11) is 3.93. The number of hydrogen-bond acceptors (Lipinski definition) is 5. The van der Waals surface area contributed by atoms with Gasteiger partial charge >= 0.3 is 0 Å². The van der Waals surface area contributed by atoms with Gasteiger partial charge in [0.15, 0.2) is 0 Å². The van der Waals surface area contributed by atoms with E-state index in [4.69, 9.17) is 5.73 Å². The van der Waals surface area contributed by atoms with Crippen LogP contribution in [0.2, 0.25) is 0 Å². The first-order valence-corrected chi connectivity index (χ1v) is 4.64. The van der Waals surface area contributed by atoms with Crippen LogP contribution < -0.4 is 5.73 Å². The minimum atomic E-state index is 0.279. The van der Waals surface area contributed by atoms with Crippen LogP contribution in [-0.2, 0) is 6.54 Å². The normalized spacial score (nSPS) is 11.3. The predicted molar refractivity (Wildman–Crippen MR) is 55.7 cm³/mol. The lowest BCUT2D eigenvalue weighted by Crippen LogP contribution is -2.16. The largest absolute Gasteiger partial charge is 0.368 e. The highest BCUT2D eigenvalue weighted by Gasteiger charge is 2.08. The Hall–Kier alpha value is -1.23. The van der Waals surface area contributed by atoms with E-state index in [0.29, 0.717) is 12.5 Å². The molecule has 0 saturated carbocycles. The van der Waals surface area contributed by atoms with Gasteiger partial charge in [-0.1, -0.05) is 13.8 Å². The van der Waals surface area contributed by atoms with Crippen LogP contribution in [0.15, 0.2) is 0 Å². The lowest BCUT2D eigenvalue weighted by molar-refractivity contribution is 0.388. The van der Waals surface area contributed by atoms with E-state index in [1.54, 1.807) is 0 Å². The number of aromatic nitrogens is 3. The summed E-state index contributed by atoms with van der Waals surface area (Å²) in [5.41, 5.74) is 5.59. The van der Waals surface area contributed by atoms with Crippen LogP contribution in [0.25, 0.3) is 0 Å². The molecule has 1 aromatic rings. The fraction of sp³-hybridized carbons (Fsp3) is 0.667. The molecule has 0 aliphatic rings. The molecule has 0 spiro atoms. The summed E-state index contributed by atoms with van der Waals surface area (Å²) < 4.78 is 0. The Morgan fingerprint density at radius 1 is 1.21 bits per heavy atom. The molecule has 78 valence electrons. The molecule has 1 aromatic heterocycles. The van der Waals surface area contributed by atoms with E-state index < -0.39 is 0 Å². The molecular weight excluding hydrogens is 178 g/mol. The van der Waals surface area contributed by atoms with Gasteiger partial charge in [0.1, 0.15) is 11.6 Å². The van der Waals surface area contributed by atoms with Crippen LogP contribution in [0.4, 0.5) is 5.95 Å². The lowest BCUT2D eigenvalue weighted by Gasteiger charge is -2.10. The molecule has 1 rings (SSSR count). The van der Waals surface area contributed by atoms with E-state index >= 15 is 0 Å². The molecule has 0 fully saturated rings. The first-order chi connectivity index (χ1) is 6.49. The SMILES string of the molecule is CC(C)c1nc(N)nc(CN(C)C)n1. The molecule has 0 bridgehead atoms. The van der Waals surface area contributed by atoms with Crippen molar-refractivity contribution in [3.05, 3.63) is 11.6 Å². The van der Waals surface area contributed by atoms with Crippen molar-refractivity contribution >= 4 is 5.95 Å². The Morgan fingerprint density at radius 3 is 2.36 bits per heavy atom. The zero-order chi connectivity index (χ0) is 10.7. The van der Waals surface area contributed by atoms with Crippen molar-refractivity contribution < 1.29 is 0 Å². The fourth-order valence-corrected chi connectivity index (χ4v) is 1.07. The quantitative estimate of drug-likeness (QED) is 0.766. The predicted octanol–water partition coefficient (Wildman–Crippen LogP) is 0.639. The molecule has 0 aliphatic carbocycles. The third-order valence-corrected chi connectivity index (χ3v) is 1.69. The summed E-state index contributed by atoms with van der Waals surface area (Å²) in [4.78, 5) is 14.5. The average molecular weight is 195 g/mol. The van der Waals surface area contributed by atoms with Crippen LogP contribution in [0.5, 0.6) is 0 Å². The van der Waals surface area contributed by atoms with Gasteiger partial charge in [-0.3, -0.25) is 0 Å². The standard InChI is InChI=1S/C9H17N5/c1-6(2)8-11-7(5-14(3)4)12-9(10)13-8/h6H,5H2,1-4H3,(H2,10,11,12,13). The third kappa shape index (κ3) is 2.92. The van der Waals surface area contributed by atoms with E-state index in [1.807, 2.05) is 32.8 Å². The second-order valence-corrected chi connectivity index (χ2v) is 3.86. The van der Waals surface area contributed by atoms with Crippen LogP contribution in [0, 0.1) is 0 Å². The number of rotatable bonds is 3. The Balaban J connectivity index is 2.95. The number of nitrogens with zero attached hydrogens (tertiary/aromatic N) is 4. The molecule has 0 aromatic carbocycles. The maximum absolute atomic E-state index is 5.59. The highest BCUT2D eigenvalue weighted by atomic mass is 15.1. The van der Waals surface area contributed by atoms with E-state index in [0.717, 1.165) is 11.6 Å². The molecule has 0 aliphatic heterocycles. The molecule has 0 atom stereocenters. The van der Waals surface area contributed by atoms with Crippen molar-refractivity contribution in [1.29, 1.82) is 0 Å². The maximum Gasteiger partial charge on any atom is 0.223 e. The zero-order valence-corrected chi connectivity index (χ0v) is 9.15. The molecule has 0 unspecified atom stereocenters. The van der Waals surface area contributed by atoms with Crippen molar-refractivity contribution in [1.82, 2.24) is 19.9 Å². The monoisotopic (exact) mass is 195 g/mol. The summed E-state index contributed by atoms with van der Waals surface area (Å²) in [6, 6.07) is 0. The molecule has 5 heteroatoms. The molecule has 0 saturated heterocycles. The van der Waals surface area contributed by atoms with Crippen LogP contribution in [0.3, 0.4) is 0 Å². The molecule has 0 radical (unpaired) electrons. The second-order valence-electron chi connectivity index (χ2n) is 3.86. The Morgan fingerprint density at radius 2 is 1.86 bits per heavy atom. The van der Waals surface area contributed by atoms with Gasteiger partial charge in [0, 0.05) is 5.92 Å². The first-order valence-electron chi connectivity index (χ1n) is 4.64. The highest BCUT2D eigenvalue weighted by Crippen LogP contribution is 2.09. The lowest BCUT2D eigenvalue weighted by atomic mass is 10.2. The van der Waals surface area contributed by atoms with Gasteiger partial charge in [-0.15, -0.1) is 0 Å². The van der Waals surface area contributed by atoms with Crippen molar-refractivity contribution in [3.8, 4) is 0 Å². The van der Waals surface area contributed by atoms with Gasteiger partial charge in [-0.25, -0.2) is 4.98 Å². The minimum absolute atomic E-state index is 0.279. The number of anilines is 1. The van der Waals surface area contributed by atoms with Crippen LogP contribution in [0.1, 0.15) is 31.4 Å². The van der Waals surface area contributed by atoms with E-state index in [9.17, 15) is 0 Å². The molecular formula is C9H17N5. The van der Waals surface area contributed by atoms with Gasteiger partial charge in [-0.2, -0.15) is 9.97 Å². The Kier molecular flexibility index (Phi) is 3.35. The average Bonchev–Trinajstić information content (AvgIpc) is 2.01. The molecule has 0 amide bonds. The zero-order valence-electron chi connectivity index (χ0n) is 9.15. The highest BCUT2D eigenvalue weighted by molar-refractivity contribution is 5.17. The van der Waals surface area contributed by atoms with E-state index in [1.165, 1.54) is 0 Å². The summed E-state index contributed by atoms with van der Waals surface area (Å²) in [5, 5.41) is 0. The van der Waals surface area contributed by atoms with Crippen molar-refractivity contribution in [2.75, 3.05) is 19.8 Å². The number of hydrogen-bond donors (Lipinski definition) is 1.